The Morgan fingerprint density at radius 3 is 1.62 bits per heavy atom. The molecule has 0 rings (SSSR count). The van der Waals surface area contributed by atoms with E-state index in [0.29, 0.717) is 0 Å². The molecule has 94 valence electrons. The van der Waals surface area contributed by atoms with Crippen LogP contribution in [0.2, 0.25) is 0 Å². The quantitative estimate of drug-likeness (QED) is 0.464. The van der Waals surface area contributed by atoms with E-state index in [9.17, 15) is 31.1 Å². The van der Waals surface area contributed by atoms with Gasteiger partial charge in [0.1, 0.15) is 0 Å². The van der Waals surface area contributed by atoms with Gasteiger partial charge < -0.3 is 9.84 Å². The van der Waals surface area contributed by atoms with Crippen LogP contribution in [0.25, 0.3) is 0 Å². The zero-order valence-electron chi connectivity index (χ0n) is 7.74. The molecule has 0 fully saturated rings. The molecule has 0 saturated carbocycles. The van der Waals surface area contributed by atoms with Gasteiger partial charge in [0.2, 0.25) is 0 Å². The Bertz CT molecular complexity index is 288. The number of hydrogen-bond acceptors (Lipinski definition) is 3. The van der Waals surface area contributed by atoms with Crippen LogP contribution in [0.4, 0.5) is 26.3 Å². The van der Waals surface area contributed by atoms with Crippen LogP contribution >= 0.6 is 0 Å². The van der Waals surface area contributed by atoms with Crippen LogP contribution in [0.1, 0.15) is 6.92 Å². The first-order valence-electron chi connectivity index (χ1n) is 3.57. The van der Waals surface area contributed by atoms with Gasteiger partial charge in [0.05, 0.1) is 5.76 Å². The van der Waals surface area contributed by atoms with Gasteiger partial charge in [-0.25, -0.2) is 4.79 Å². The lowest BCUT2D eigenvalue weighted by Crippen LogP contribution is -2.62. The summed E-state index contributed by atoms with van der Waals surface area (Å²) in [6, 6.07) is 0. The van der Waals surface area contributed by atoms with Gasteiger partial charge in [-0.1, -0.05) is 6.58 Å². The molecule has 0 unspecified atom stereocenters. The number of carbonyl (C=O) groups is 1. The Morgan fingerprint density at radius 1 is 1.12 bits per heavy atom. The number of aliphatic hydroxyl groups is 1. The summed E-state index contributed by atoms with van der Waals surface area (Å²) in [5.74, 6) is -3.60. The summed E-state index contributed by atoms with van der Waals surface area (Å²) >= 11 is 0. The van der Waals surface area contributed by atoms with E-state index in [0.717, 1.165) is 6.92 Å². The first-order valence-corrected chi connectivity index (χ1v) is 3.57. The zero-order chi connectivity index (χ0) is 13.4. The number of rotatable bonds is 2. The predicted molar refractivity (Wildman–Crippen MR) is 38.0 cm³/mol. The van der Waals surface area contributed by atoms with Crippen LogP contribution in [-0.2, 0) is 9.53 Å². The molecule has 0 amide bonds. The van der Waals surface area contributed by atoms with Crippen molar-refractivity contribution in [2.24, 2.45) is 0 Å². The van der Waals surface area contributed by atoms with E-state index in [1.165, 1.54) is 0 Å². The minimum absolute atomic E-state index is 0.711. The van der Waals surface area contributed by atoms with Crippen LogP contribution in [-0.4, -0.2) is 29.0 Å². The van der Waals surface area contributed by atoms with E-state index in [4.69, 9.17) is 5.11 Å². The molecule has 0 aromatic heterocycles. The van der Waals surface area contributed by atoms with E-state index in [2.05, 4.69) is 11.3 Å². The van der Waals surface area contributed by atoms with Gasteiger partial charge in [-0.05, 0) is 6.92 Å². The molecule has 0 atom stereocenters. The SMILES string of the molecule is C=C(C)OC(=O)C(O)(C(F)(F)F)C(F)(F)F. The smallest absolute Gasteiger partial charge is 0.429 e. The average molecular weight is 252 g/mol. The Kier molecular flexibility index (Phi) is 3.65. The fourth-order valence-corrected chi connectivity index (χ4v) is 0.624. The van der Waals surface area contributed by atoms with Crippen molar-refractivity contribution in [1.82, 2.24) is 0 Å². The molecule has 0 radical (unpaired) electrons. The summed E-state index contributed by atoms with van der Waals surface area (Å²) in [7, 11) is 0. The van der Waals surface area contributed by atoms with Gasteiger partial charge in [-0.3, -0.25) is 0 Å². The monoisotopic (exact) mass is 252 g/mol. The summed E-state index contributed by atoms with van der Waals surface area (Å²) in [6.45, 7) is 3.64. The van der Waals surface area contributed by atoms with Gasteiger partial charge >= 0.3 is 23.9 Å². The highest BCUT2D eigenvalue weighted by atomic mass is 19.4. The minimum Gasteiger partial charge on any atom is -0.429 e. The minimum atomic E-state index is -6.24. The van der Waals surface area contributed by atoms with Crippen LogP contribution < -0.4 is 0 Å². The standard InChI is InChI=1S/C7H6F6O3/c1-3(2)16-4(14)5(15,6(8,9)10)7(11,12)13/h15H,1H2,2H3. The van der Waals surface area contributed by atoms with E-state index in [1.807, 2.05) is 0 Å². The van der Waals surface area contributed by atoms with Crippen molar-refractivity contribution in [3.63, 3.8) is 0 Å². The maximum absolute atomic E-state index is 12.0. The van der Waals surface area contributed by atoms with Gasteiger partial charge in [-0.2, -0.15) is 26.3 Å². The van der Waals surface area contributed by atoms with Crippen molar-refractivity contribution in [2.45, 2.75) is 24.9 Å². The molecule has 0 aromatic carbocycles. The summed E-state index contributed by atoms with van der Waals surface area (Å²) in [5, 5.41) is 8.44. The molecule has 0 aliphatic rings. The third kappa shape index (κ3) is 2.46. The van der Waals surface area contributed by atoms with Gasteiger partial charge in [-0.15, -0.1) is 0 Å². The Hall–Kier alpha value is -1.25. The second kappa shape index (κ2) is 3.96. The first-order chi connectivity index (χ1) is 6.84. The van der Waals surface area contributed by atoms with Crippen LogP contribution in [0.15, 0.2) is 12.3 Å². The molecule has 3 nitrogen and oxygen atoms in total. The number of esters is 1. The highest BCUT2D eigenvalue weighted by molar-refractivity contribution is 5.82. The second-order valence-electron chi connectivity index (χ2n) is 2.80. The van der Waals surface area contributed by atoms with Crippen LogP contribution in [0.5, 0.6) is 0 Å². The molecular weight excluding hydrogens is 246 g/mol. The van der Waals surface area contributed by atoms with Crippen molar-refractivity contribution < 1.29 is 41.0 Å². The summed E-state index contributed by atoms with van der Waals surface area (Å²) in [6.07, 6.45) is -12.5. The summed E-state index contributed by atoms with van der Waals surface area (Å²) in [5.41, 5.74) is -5.56. The van der Waals surface area contributed by atoms with Crippen molar-refractivity contribution in [2.75, 3.05) is 0 Å². The largest absolute Gasteiger partial charge is 0.437 e. The fourth-order valence-electron chi connectivity index (χ4n) is 0.624. The Labute approximate surface area is 85.3 Å². The molecule has 0 spiro atoms. The van der Waals surface area contributed by atoms with Gasteiger partial charge in [0.15, 0.2) is 0 Å². The number of carbonyl (C=O) groups excluding carboxylic acids is 1. The summed E-state index contributed by atoms with van der Waals surface area (Å²) < 4.78 is 75.5. The second-order valence-corrected chi connectivity index (χ2v) is 2.80. The van der Waals surface area contributed by atoms with E-state index in [-0.39, 0.29) is 0 Å². The number of ether oxygens (including phenoxy) is 1. The molecular formula is C7H6F6O3. The molecule has 0 aliphatic carbocycles. The van der Waals surface area contributed by atoms with Gasteiger partial charge in [0, 0.05) is 0 Å². The molecule has 0 bridgehead atoms. The van der Waals surface area contributed by atoms with Crippen LogP contribution in [0, 0.1) is 0 Å². The van der Waals surface area contributed by atoms with Crippen molar-refractivity contribution in [3.05, 3.63) is 12.3 Å². The van der Waals surface area contributed by atoms with Gasteiger partial charge in [0.25, 0.3) is 0 Å². The molecule has 0 saturated heterocycles. The summed E-state index contributed by atoms with van der Waals surface area (Å²) in [4.78, 5) is 10.6. The van der Waals surface area contributed by atoms with Crippen molar-refractivity contribution in [1.29, 1.82) is 0 Å². The first kappa shape index (κ1) is 14.8. The van der Waals surface area contributed by atoms with E-state index < -0.39 is 29.7 Å². The predicted octanol–water partition coefficient (Wildman–Crippen LogP) is 1.92. The molecule has 0 heterocycles. The zero-order valence-corrected chi connectivity index (χ0v) is 7.74. The highest BCUT2D eigenvalue weighted by Gasteiger charge is 2.76. The Balaban J connectivity index is 5.44. The molecule has 16 heavy (non-hydrogen) atoms. The highest BCUT2D eigenvalue weighted by Crippen LogP contribution is 2.44. The molecule has 0 aliphatic heterocycles. The fraction of sp³-hybridized carbons (Fsp3) is 0.571. The lowest BCUT2D eigenvalue weighted by atomic mass is 10.0. The van der Waals surface area contributed by atoms with Crippen LogP contribution in [0.3, 0.4) is 0 Å². The third-order valence-corrected chi connectivity index (χ3v) is 1.38. The van der Waals surface area contributed by atoms with Crippen molar-refractivity contribution in [3.8, 4) is 0 Å². The topological polar surface area (TPSA) is 46.5 Å². The number of alkyl halides is 6. The third-order valence-electron chi connectivity index (χ3n) is 1.38. The maximum atomic E-state index is 12.0. The molecule has 0 aromatic rings. The van der Waals surface area contributed by atoms with E-state index in [1.54, 1.807) is 0 Å². The number of allylic oxidation sites excluding steroid dienone is 1. The number of halogens is 6. The number of hydrogen-bond donors (Lipinski definition) is 1. The normalized spacial score (nSPS) is 13.5. The molecule has 1 N–H and O–H groups in total. The molecule has 9 heteroatoms. The van der Waals surface area contributed by atoms with E-state index >= 15 is 0 Å². The average Bonchev–Trinajstić information content (AvgIpc) is 1.96. The Morgan fingerprint density at radius 2 is 1.44 bits per heavy atom. The maximum Gasteiger partial charge on any atom is 0.437 e. The lowest BCUT2D eigenvalue weighted by Gasteiger charge is -2.29. The lowest BCUT2D eigenvalue weighted by molar-refractivity contribution is -0.356. The van der Waals surface area contributed by atoms with Crippen molar-refractivity contribution >= 4 is 5.97 Å².